The Bertz CT molecular complexity index is 4680. The molecular formula is C92H85I3N2O12. The van der Waals surface area contributed by atoms with Gasteiger partial charge in [-0.1, -0.05) is 65.7 Å². The van der Waals surface area contributed by atoms with E-state index in [0.29, 0.717) is 45.3 Å². The summed E-state index contributed by atoms with van der Waals surface area (Å²) in [6, 6.07) is 70.8. The number of terminal acetylenes is 1. The van der Waals surface area contributed by atoms with Crippen LogP contribution in [0.1, 0.15) is 144 Å². The summed E-state index contributed by atoms with van der Waals surface area (Å²) >= 11 is 7.01. The molecule has 0 unspecified atom stereocenters. The number of nitrogens with zero attached hydrogens (tertiary/aromatic N) is 2. The van der Waals surface area contributed by atoms with Gasteiger partial charge in [0.25, 0.3) is 0 Å². The fourth-order valence-electron chi connectivity index (χ4n) is 9.94. The van der Waals surface area contributed by atoms with E-state index in [1.54, 1.807) is 113 Å². The summed E-state index contributed by atoms with van der Waals surface area (Å²) in [4.78, 5) is 53.4. The maximum atomic E-state index is 12.5. The summed E-state index contributed by atoms with van der Waals surface area (Å²) in [6.07, 6.45) is 2.17. The molecule has 10 aromatic rings. The lowest BCUT2D eigenvalue weighted by Crippen LogP contribution is -2.26. The molecule has 0 atom stereocenters. The molecule has 556 valence electrons. The number of hydrogen-bond acceptors (Lipinski definition) is 14. The molecule has 0 aliphatic carbocycles. The van der Waals surface area contributed by atoms with E-state index in [9.17, 15) is 19.2 Å². The van der Waals surface area contributed by atoms with Crippen LogP contribution in [0.2, 0.25) is 0 Å². The van der Waals surface area contributed by atoms with E-state index in [2.05, 4.69) is 192 Å². The molecule has 0 aromatic heterocycles. The van der Waals surface area contributed by atoms with Gasteiger partial charge in [0.05, 0.1) is 22.3 Å². The Hall–Kier alpha value is -10.7. The second kappa shape index (κ2) is 37.9. The number of rotatable bonds is 10. The van der Waals surface area contributed by atoms with Gasteiger partial charge >= 0.3 is 24.6 Å². The first-order valence-electron chi connectivity index (χ1n) is 34.7. The molecule has 10 aromatic carbocycles. The molecule has 0 saturated carbocycles. The minimum absolute atomic E-state index is 0.304. The molecule has 14 nitrogen and oxygen atoms in total. The largest absolute Gasteiger partial charge is 0.514 e. The second-order valence-corrected chi connectivity index (χ2v) is 32.6. The second-order valence-electron chi connectivity index (χ2n) is 28.9. The molecule has 0 N–H and O–H groups in total. The van der Waals surface area contributed by atoms with Crippen molar-refractivity contribution in [1.82, 2.24) is 0 Å². The van der Waals surface area contributed by atoms with Crippen LogP contribution in [0.15, 0.2) is 218 Å². The standard InChI is InChI=1S/C60H57NO9.C18H12I3N.C14H16O3/c1-40-13-34-52(65-55(62)68-58(4,5)6)46(37-40)25-16-43-19-28-49(29-20-43)61(50-30-21-44(22-31-50)17-26-47-38-41(2)14-35-53(47)66-56(63)69-59(7,8)9)51-32-23-45(24-33-51)18-27-48-39-42(3)15-36-54(48)67-57(64)70-60(10,11)12;19-13-1-7-16(8-2-13)22(17-9-3-14(20)4-10-17)18-11-5-15(21)6-12-18;1-6-11-9-10(2)7-8-12(11)16-13(15)17-14(3,4)5/h13-15,19-24,28-39H,1-12H3;1-12H;1,7-9H,2-5H3. The van der Waals surface area contributed by atoms with Crippen LogP contribution < -0.4 is 28.7 Å². The molecule has 0 bridgehead atoms. The maximum Gasteiger partial charge on any atom is 0.514 e. The molecule has 17 heteroatoms. The fourth-order valence-corrected chi connectivity index (χ4v) is 11.0. The van der Waals surface area contributed by atoms with Gasteiger partial charge in [-0.3, -0.25) is 0 Å². The van der Waals surface area contributed by atoms with Crippen LogP contribution in [-0.2, 0) is 18.9 Å². The lowest BCUT2D eigenvalue weighted by atomic mass is 10.1. The molecule has 0 spiro atoms. The Morgan fingerprint density at radius 1 is 0.284 bits per heavy atom. The zero-order valence-electron chi connectivity index (χ0n) is 63.8. The predicted molar refractivity (Wildman–Crippen MR) is 458 cm³/mol. The van der Waals surface area contributed by atoms with E-state index in [1.807, 2.05) is 143 Å². The van der Waals surface area contributed by atoms with Crippen LogP contribution in [0.25, 0.3) is 0 Å². The van der Waals surface area contributed by atoms with Gasteiger partial charge in [0.1, 0.15) is 45.4 Å². The van der Waals surface area contributed by atoms with Gasteiger partial charge < -0.3 is 47.7 Å². The first-order chi connectivity index (χ1) is 51.4. The zero-order valence-corrected chi connectivity index (χ0v) is 70.3. The summed E-state index contributed by atoms with van der Waals surface area (Å²) < 4.78 is 46.6. The molecule has 0 radical (unpaired) electrons. The van der Waals surface area contributed by atoms with E-state index in [4.69, 9.17) is 44.3 Å². The first kappa shape index (κ1) is 83.9. The summed E-state index contributed by atoms with van der Waals surface area (Å²) in [5.74, 6) is 22.9. The summed E-state index contributed by atoms with van der Waals surface area (Å²) in [5.41, 5.74) is 11.6. The number of halogens is 3. The Morgan fingerprint density at radius 2 is 0.477 bits per heavy atom. The minimum Gasteiger partial charge on any atom is -0.428 e. The Morgan fingerprint density at radius 3 is 0.679 bits per heavy atom. The summed E-state index contributed by atoms with van der Waals surface area (Å²) in [5, 5.41) is 0. The van der Waals surface area contributed by atoms with Crippen molar-refractivity contribution in [2.24, 2.45) is 0 Å². The van der Waals surface area contributed by atoms with Crippen LogP contribution in [-0.4, -0.2) is 47.0 Å². The van der Waals surface area contributed by atoms with E-state index in [1.165, 1.54) is 27.8 Å². The van der Waals surface area contributed by atoms with Gasteiger partial charge in [-0.25, -0.2) is 19.2 Å². The number of benzene rings is 10. The molecule has 0 amide bonds. The average Bonchev–Trinajstić information content (AvgIpc) is 0.811. The molecular weight excluding hydrogens is 1710 g/mol. The highest BCUT2D eigenvalue weighted by Gasteiger charge is 2.24. The molecule has 109 heavy (non-hydrogen) atoms. The Balaban J connectivity index is 0.000000307. The first-order valence-corrected chi connectivity index (χ1v) is 37.9. The molecule has 0 heterocycles. The van der Waals surface area contributed by atoms with Crippen molar-refractivity contribution in [2.45, 2.75) is 133 Å². The van der Waals surface area contributed by atoms with Gasteiger partial charge in [0.2, 0.25) is 0 Å². The van der Waals surface area contributed by atoms with Crippen LogP contribution in [0, 0.1) is 86.3 Å². The topological polar surface area (TPSA) is 149 Å². The quantitative estimate of drug-likeness (QED) is 0.0420. The van der Waals surface area contributed by atoms with Gasteiger partial charge in [-0.15, -0.1) is 6.42 Å². The maximum absolute atomic E-state index is 12.5. The number of anilines is 6. The highest BCUT2D eigenvalue weighted by atomic mass is 127. The fraction of sp³-hybridized carbons (Fsp3) is 0.217. The van der Waals surface area contributed by atoms with Crippen molar-refractivity contribution in [3.05, 3.63) is 290 Å². The van der Waals surface area contributed by atoms with Crippen LogP contribution in [0.3, 0.4) is 0 Å². The molecule has 0 aliphatic rings. The van der Waals surface area contributed by atoms with E-state index in [0.717, 1.165) is 56.0 Å². The smallest absolute Gasteiger partial charge is 0.428 e. The van der Waals surface area contributed by atoms with Crippen molar-refractivity contribution in [3.63, 3.8) is 0 Å². The third-order valence-electron chi connectivity index (χ3n) is 14.7. The minimum atomic E-state index is -0.806. The van der Waals surface area contributed by atoms with E-state index >= 15 is 0 Å². The highest BCUT2D eigenvalue weighted by Crippen LogP contribution is 2.38. The monoisotopic (exact) mass is 1790 g/mol. The molecule has 0 saturated heterocycles. The third-order valence-corrected chi connectivity index (χ3v) is 16.8. The SMILES string of the molecule is C#Cc1cc(C)ccc1OC(=O)OC(C)(C)C.Cc1ccc(OC(=O)OC(C)(C)C)c(C#Cc2ccc(N(c3ccc(C#Cc4cc(C)ccc4OC(=O)OC(C)(C)C)cc3)c3ccc(C#Cc4cc(C)ccc4OC(=O)OC(C)(C)C)cc3)cc2)c1.Ic1ccc(N(c2ccc(I)cc2)c2ccc(I)cc2)cc1. The predicted octanol–water partition coefficient (Wildman–Crippen LogP) is 24.5. The lowest BCUT2D eigenvalue weighted by molar-refractivity contribution is 0.0192. The van der Waals surface area contributed by atoms with Crippen LogP contribution in [0.5, 0.6) is 23.0 Å². The number of ether oxygens (including phenoxy) is 8. The average molecular weight is 1790 g/mol. The van der Waals surface area contributed by atoms with Crippen molar-refractivity contribution in [2.75, 3.05) is 9.80 Å². The number of aryl methyl sites for hydroxylation is 4. The third kappa shape index (κ3) is 27.8. The Labute approximate surface area is 681 Å². The van der Waals surface area contributed by atoms with Gasteiger partial charge in [-0.05, 0) is 395 Å². The number of carbonyl (C=O) groups excluding carboxylic acids is 4. The molecule has 0 aliphatic heterocycles. The molecule has 10 rings (SSSR count). The van der Waals surface area contributed by atoms with Crippen LogP contribution in [0.4, 0.5) is 53.3 Å². The van der Waals surface area contributed by atoms with Crippen molar-refractivity contribution < 1.29 is 57.1 Å². The number of carbonyl (C=O) groups is 4. The lowest BCUT2D eigenvalue weighted by Gasteiger charge is -2.25. The van der Waals surface area contributed by atoms with Gasteiger partial charge in [0.15, 0.2) is 0 Å². The van der Waals surface area contributed by atoms with Crippen molar-refractivity contribution in [3.8, 4) is 70.9 Å². The zero-order chi connectivity index (χ0) is 79.4. The number of hydrogen-bond donors (Lipinski definition) is 0. The van der Waals surface area contributed by atoms with Gasteiger partial charge in [-0.2, -0.15) is 0 Å². The molecule has 0 fully saturated rings. The van der Waals surface area contributed by atoms with Gasteiger partial charge in [0, 0.05) is 61.5 Å². The Kier molecular flexibility index (Phi) is 29.2. The summed E-state index contributed by atoms with van der Waals surface area (Å²) in [6.45, 7) is 29.0. The van der Waals surface area contributed by atoms with E-state index in [-0.39, 0.29) is 0 Å². The van der Waals surface area contributed by atoms with Crippen molar-refractivity contribution in [1.29, 1.82) is 0 Å². The van der Waals surface area contributed by atoms with Crippen LogP contribution >= 0.6 is 67.8 Å². The summed E-state index contributed by atoms with van der Waals surface area (Å²) in [7, 11) is 0. The highest BCUT2D eigenvalue weighted by molar-refractivity contribution is 14.1. The van der Waals surface area contributed by atoms with Crippen molar-refractivity contribution >= 4 is 127 Å². The normalized spacial score (nSPS) is 10.8. The van der Waals surface area contributed by atoms with E-state index < -0.39 is 47.0 Å².